The van der Waals surface area contributed by atoms with Crippen molar-refractivity contribution in [1.29, 1.82) is 0 Å². The van der Waals surface area contributed by atoms with Gasteiger partial charge < -0.3 is 4.98 Å². The zero-order valence-corrected chi connectivity index (χ0v) is 7.23. The maximum atomic E-state index is 12.8. The Morgan fingerprint density at radius 1 is 1.46 bits per heavy atom. The van der Waals surface area contributed by atoms with Crippen LogP contribution in [0.2, 0.25) is 0 Å². The summed E-state index contributed by atoms with van der Waals surface area (Å²) in [6.45, 7) is 0. The summed E-state index contributed by atoms with van der Waals surface area (Å²) in [5, 5.41) is -0.0724. The minimum atomic E-state index is -0.586. The van der Waals surface area contributed by atoms with Gasteiger partial charge >= 0.3 is 0 Å². The summed E-state index contributed by atoms with van der Waals surface area (Å²) in [5.41, 5.74) is 1.00. The maximum Gasteiger partial charge on any atom is 0.254 e. The van der Waals surface area contributed by atoms with Crippen LogP contribution in [0.15, 0.2) is 24.4 Å². The summed E-state index contributed by atoms with van der Waals surface area (Å²) in [6, 6.07) is 4.16. The van der Waals surface area contributed by atoms with Crippen LogP contribution in [0.3, 0.4) is 0 Å². The number of benzene rings is 1. The van der Waals surface area contributed by atoms with Crippen LogP contribution in [0.1, 0.15) is 10.4 Å². The number of aromatic nitrogens is 1. The van der Waals surface area contributed by atoms with Gasteiger partial charge in [-0.3, -0.25) is 4.79 Å². The maximum absolute atomic E-state index is 12.8. The van der Waals surface area contributed by atoms with Gasteiger partial charge in [-0.15, -0.1) is 0 Å². The quantitative estimate of drug-likeness (QED) is 0.701. The molecule has 1 aromatic carbocycles. The molecular weight excluding hydrogens is 193 g/mol. The Bertz CT molecular complexity index is 477. The van der Waals surface area contributed by atoms with Crippen molar-refractivity contribution >= 4 is 27.7 Å². The molecule has 2 rings (SSSR count). The molecule has 13 heavy (non-hydrogen) atoms. The van der Waals surface area contributed by atoms with E-state index in [1.807, 2.05) is 0 Å². The molecule has 1 heterocycles. The third-order valence-corrected chi connectivity index (χ3v) is 2.06. The molecule has 0 fully saturated rings. The van der Waals surface area contributed by atoms with Crippen molar-refractivity contribution in [1.82, 2.24) is 4.98 Å². The highest BCUT2D eigenvalue weighted by atomic mass is 35.5. The monoisotopic (exact) mass is 197 g/mol. The van der Waals surface area contributed by atoms with E-state index >= 15 is 0 Å². The van der Waals surface area contributed by atoms with E-state index in [9.17, 15) is 9.18 Å². The van der Waals surface area contributed by atoms with Crippen LogP contribution in [0.25, 0.3) is 10.9 Å². The number of hydrogen-bond acceptors (Lipinski definition) is 1. The van der Waals surface area contributed by atoms with Crippen molar-refractivity contribution in [3.8, 4) is 0 Å². The van der Waals surface area contributed by atoms with Crippen molar-refractivity contribution in [3.05, 3.63) is 35.8 Å². The molecule has 0 saturated heterocycles. The second-order valence-corrected chi connectivity index (χ2v) is 3.01. The van der Waals surface area contributed by atoms with Gasteiger partial charge in [-0.25, -0.2) is 4.39 Å². The van der Waals surface area contributed by atoms with Gasteiger partial charge in [-0.1, -0.05) is 0 Å². The summed E-state index contributed by atoms with van der Waals surface area (Å²) in [6.07, 6.45) is 1.47. The number of rotatable bonds is 1. The molecule has 0 saturated carbocycles. The molecule has 0 aliphatic heterocycles. The highest BCUT2D eigenvalue weighted by molar-refractivity contribution is 6.68. The van der Waals surface area contributed by atoms with E-state index in [0.717, 1.165) is 0 Å². The van der Waals surface area contributed by atoms with Gasteiger partial charge in [-0.05, 0) is 29.8 Å². The molecule has 0 unspecified atom stereocenters. The van der Waals surface area contributed by atoms with Crippen LogP contribution >= 0.6 is 11.6 Å². The average molecular weight is 198 g/mol. The molecule has 0 bridgehead atoms. The van der Waals surface area contributed by atoms with Crippen molar-refractivity contribution < 1.29 is 9.18 Å². The van der Waals surface area contributed by atoms with Crippen LogP contribution in [-0.4, -0.2) is 10.2 Å². The summed E-state index contributed by atoms with van der Waals surface area (Å²) < 4.78 is 12.8. The number of halogens is 2. The van der Waals surface area contributed by atoms with Gasteiger partial charge in [0.2, 0.25) is 0 Å². The summed E-state index contributed by atoms with van der Waals surface area (Å²) in [5.74, 6) is -0.383. The third kappa shape index (κ3) is 1.31. The van der Waals surface area contributed by atoms with Gasteiger partial charge in [0.25, 0.3) is 5.24 Å². The van der Waals surface area contributed by atoms with E-state index in [0.29, 0.717) is 16.5 Å². The highest BCUT2D eigenvalue weighted by Gasteiger charge is 2.09. The van der Waals surface area contributed by atoms with Gasteiger partial charge in [0.05, 0.1) is 5.56 Å². The molecule has 0 radical (unpaired) electrons. The smallest absolute Gasteiger partial charge is 0.254 e. The van der Waals surface area contributed by atoms with Gasteiger partial charge in [0.15, 0.2) is 0 Å². The predicted molar refractivity (Wildman–Crippen MR) is 48.4 cm³/mol. The second-order valence-electron chi connectivity index (χ2n) is 2.67. The fourth-order valence-electron chi connectivity index (χ4n) is 1.26. The Morgan fingerprint density at radius 2 is 2.23 bits per heavy atom. The van der Waals surface area contributed by atoms with E-state index in [1.54, 1.807) is 6.07 Å². The standard InChI is InChI=1S/C9H5ClFNO/c10-9(13)7-4-12-8-2-1-5(11)3-6(7)8/h1-4,12H. The van der Waals surface area contributed by atoms with E-state index < -0.39 is 5.24 Å². The fraction of sp³-hybridized carbons (Fsp3) is 0. The molecule has 0 aliphatic rings. The molecular formula is C9H5ClFNO. The molecule has 4 heteroatoms. The number of hydrogen-bond donors (Lipinski definition) is 1. The van der Waals surface area contributed by atoms with Crippen molar-refractivity contribution in [2.45, 2.75) is 0 Å². The zero-order chi connectivity index (χ0) is 9.42. The van der Waals surface area contributed by atoms with Crippen molar-refractivity contribution in [2.75, 3.05) is 0 Å². The van der Waals surface area contributed by atoms with E-state index in [1.165, 1.54) is 18.3 Å². The molecule has 0 atom stereocenters. The number of fused-ring (bicyclic) bond motifs is 1. The Hall–Kier alpha value is -1.35. The van der Waals surface area contributed by atoms with E-state index in [4.69, 9.17) is 11.6 Å². The average Bonchev–Trinajstić information content (AvgIpc) is 2.46. The van der Waals surface area contributed by atoms with Crippen LogP contribution in [-0.2, 0) is 0 Å². The zero-order valence-electron chi connectivity index (χ0n) is 6.47. The minimum Gasteiger partial charge on any atom is -0.360 e. The first-order valence-electron chi connectivity index (χ1n) is 3.65. The summed E-state index contributed by atoms with van der Waals surface area (Å²) in [7, 11) is 0. The number of carbonyl (C=O) groups is 1. The molecule has 1 aromatic heterocycles. The lowest BCUT2D eigenvalue weighted by Crippen LogP contribution is -1.85. The van der Waals surface area contributed by atoms with Crippen molar-refractivity contribution in [3.63, 3.8) is 0 Å². The van der Waals surface area contributed by atoms with Crippen molar-refractivity contribution in [2.24, 2.45) is 0 Å². The fourth-order valence-corrected chi connectivity index (χ4v) is 1.41. The topological polar surface area (TPSA) is 32.9 Å². The van der Waals surface area contributed by atoms with E-state index in [-0.39, 0.29) is 5.82 Å². The first kappa shape index (κ1) is 8.26. The molecule has 0 amide bonds. The normalized spacial score (nSPS) is 10.6. The van der Waals surface area contributed by atoms with Crippen LogP contribution in [0.5, 0.6) is 0 Å². The molecule has 66 valence electrons. The van der Waals surface area contributed by atoms with Gasteiger partial charge in [0.1, 0.15) is 5.82 Å². The van der Waals surface area contributed by atoms with Crippen LogP contribution in [0, 0.1) is 5.82 Å². The third-order valence-electron chi connectivity index (χ3n) is 1.86. The molecule has 0 spiro atoms. The lowest BCUT2D eigenvalue weighted by atomic mass is 10.2. The number of nitrogens with one attached hydrogen (secondary N) is 1. The van der Waals surface area contributed by atoms with Gasteiger partial charge in [-0.2, -0.15) is 0 Å². The Labute approximate surface area is 78.3 Å². The predicted octanol–water partition coefficient (Wildman–Crippen LogP) is 2.69. The van der Waals surface area contributed by atoms with Crippen LogP contribution < -0.4 is 0 Å². The second kappa shape index (κ2) is 2.85. The van der Waals surface area contributed by atoms with Gasteiger partial charge in [0, 0.05) is 17.1 Å². The first-order valence-corrected chi connectivity index (χ1v) is 4.03. The number of aromatic amines is 1. The molecule has 2 nitrogen and oxygen atoms in total. The summed E-state index contributed by atoms with van der Waals surface area (Å²) in [4.78, 5) is 13.7. The number of carbonyl (C=O) groups excluding carboxylic acids is 1. The molecule has 0 aliphatic carbocycles. The largest absolute Gasteiger partial charge is 0.360 e. The Kier molecular flexibility index (Phi) is 1.81. The summed E-state index contributed by atoms with van der Waals surface area (Å²) >= 11 is 5.29. The van der Waals surface area contributed by atoms with E-state index in [2.05, 4.69) is 4.98 Å². The van der Waals surface area contributed by atoms with Crippen LogP contribution in [0.4, 0.5) is 4.39 Å². The first-order chi connectivity index (χ1) is 6.18. The lowest BCUT2D eigenvalue weighted by Gasteiger charge is -1.91. The number of H-pyrrole nitrogens is 1. The highest BCUT2D eigenvalue weighted by Crippen LogP contribution is 2.20. The molecule has 1 N–H and O–H groups in total. The lowest BCUT2D eigenvalue weighted by molar-refractivity contribution is 0.108. The Morgan fingerprint density at radius 3 is 2.92 bits per heavy atom. The minimum absolute atomic E-state index is 0.302. The molecule has 2 aromatic rings. The SMILES string of the molecule is O=C(Cl)c1c[nH]c2ccc(F)cc12. The Balaban J connectivity index is 2.79.